The van der Waals surface area contributed by atoms with E-state index in [2.05, 4.69) is 10.6 Å². The van der Waals surface area contributed by atoms with E-state index in [1.165, 1.54) is 0 Å². The van der Waals surface area contributed by atoms with Gasteiger partial charge in [-0.05, 0) is 48.6 Å². The van der Waals surface area contributed by atoms with Gasteiger partial charge in [0, 0.05) is 17.1 Å². The molecule has 1 atom stereocenters. The smallest absolute Gasteiger partial charge is 0.329 e. The minimum atomic E-state index is -0.816. The van der Waals surface area contributed by atoms with E-state index >= 15 is 0 Å². The van der Waals surface area contributed by atoms with Crippen LogP contribution >= 0.6 is 23.4 Å². The van der Waals surface area contributed by atoms with Crippen LogP contribution in [0.15, 0.2) is 24.3 Å². The second-order valence-corrected chi connectivity index (χ2v) is 7.54. The first kappa shape index (κ1) is 22.3. The summed E-state index contributed by atoms with van der Waals surface area (Å²) in [5, 5.41) is 5.85. The van der Waals surface area contributed by atoms with E-state index in [1.54, 1.807) is 36.0 Å². The standard InChI is InChI=1S/C18H25ClN2O4S/c1-12(2)10-20-16(22)11-25-18(24)15(8-9-26-3)21-17(23)13-4-6-14(19)7-5-13/h4-7,12,15H,8-11H2,1-3H3,(H,20,22)(H,21,23)/t15-/m1/s1. The topological polar surface area (TPSA) is 84.5 Å². The van der Waals surface area contributed by atoms with Crippen LogP contribution in [-0.2, 0) is 14.3 Å². The molecule has 1 rings (SSSR count). The zero-order valence-electron chi connectivity index (χ0n) is 15.2. The number of hydrogen-bond acceptors (Lipinski definition) is 5. The molecular weight excluding hydrogens is 376 g/mol. The van der Waals surface area contributed by atoms with Crippen molar-refractivity contribution in [2.75, 3.05) is 25.2 Å². The second kappa shape index (κ2) is 11.8. The summed E-state index contributed by atoms with van der Waals surface area (Å²) in [4.78, 5) is 36.2. The van der Waals surface area contributed by atoms with Gasteiger partial charge < -0.3 is 15.4 Å². The summed E-state index contributed by atoms with van der Waals surface area (Å²) in [6.07, 6.45) is 2.32. The minimum absolute atomic E-state index is 0.308. The Hall–Kier alpha value is -1.73. The number of amides is 2. The van der Waals surface area contributed by atoms with Gasteiger partial charge in [-0.1, -0.05) is 25.4 Å². The number of carbonyl (C=O) groups excluding carboxylic acids is 3. The van der Waals surface area contributed by atoms with E-state index in [0.29, 0.717) is 35.2 Å². The van der Waals surface area contributed by atoms with Crippen LogP contribution in [0.2, 0.25) is 5.02 Å². The highest BCUT2D eigenvalue weighted by Crippen LogP contribution is 2.10. The molecule has 0 bridgehead atoms. The van der Waals surface area contributed by atoms with Crippen LogP contribution in [0.4, 0.5) is 0 Å². The average molecular weight is 401 g/mol. The predicted molar refractivity (Wildman–Crippen MR) is 105 cm³/mol. The number of halogens is 1. The molecule has 26 heavy (non-hydrogen) atoms. The van der Waals surface area contributed by atoms with Gasteiger partial charge >= 0.3 is 5.97 Å². The summed E-state index contributed by atoms with van der Waals surface area (Å²) < 4.78 is 5.06. The lowest BCUT2D eigenvalue weighted by Gasteiger charge is -2.17. The quantitative estimate of drug-likeness (QED) is 0.589. The second-order valence-electron chi connectivity index (χ2n) is 6.12. The molecule has 2 amide bonds. The van der Waals surface area contributed by atoms with Gasteiger partial charge in [-0.2, -0.15) is 11.8 Å². The van der Waals surface area contributed by atoms with E-state index in [0.717, 1.165) is 0 Å². The first-order valence-electron chi connectivity index (χ1n) is 8.32. The number of hydrogen-bond donors (Lipinski definition) is 2. The van der Waals surface area contributed by atoms with E-state index in [1.807, 2.05) is 20.1 Å². The van der Waals surface area contributed by atoms with Gasteiger partial charge in [0.15, 0.2) is 6.61 Å². The molecule has 8 heteroatoms. The van der Waals surface area contributed by atoms with Gasteiger partial charge in [-0.3, -0.25) is 9.59 Å². The van der Waals surface area contributed by atoms with Crippen LogP contribution in [0.3, 0.4) is 0 Å². The van der Waals surface area contributed by atoms with Crippen molar-refractivity contribution in [3.05, 3.63) is 34.9 Å². The lowest BCUT2D eigenvalue weighted by molar-refractivity contribution is -0.150. The summed E-state index contributed by atoms with van der Waals surface area (Å²) in [5.74, 6) is -0.405. The molecule has 0 saturated carbocycles. The van der Waals surface area contributed by atoms with Crippen molar-refractivity contribution >= 4 is 41.1 Å². The molecule has 0 heterocycles. The molecular formula is C18H25ClN2O4S. The molecule has 0 saturated heterocycles. The molecule has 6 nitrogen and oxygen atoms in total. The molecule has 1 aromatic carbocycles. The lowest BCUT2D eigenvalue weighted by Crippen LogP contribution is -2.43. The highest BCUT2D eigenvalue weighted by Gasteiger charge is 2.23. The number of carbonyl (C=O) groups is 3. The Morgan fingerprint density at radius 2 is 1.85 bits per heavy atom. The number of thioether (sulfide) groups is 1. The molecule has 144 valence electrons. The van der Waals surface area contributed by atoms with Crippen LogP contribution in [0.5, 0.6) is 0 Å². The number of nitrogens with one attached hydrogen (secondary N) is 2. The van der Waals surface area contributed by atoms with Gasteiger partial charge in [0.2, 0.25) is 0 Å². The third kappa shape index (κ3) is 8.58. The molecule has 2 N–H and O–H groups in total. The van der Waals surface area contributed by atoms with Crippen LogP contribution in [-0.4, -0.2) is 49.0 Å². The van der Waals surface area contributed by atoms with Crippen molar-refractivity contribution in [1.29, 1.82) is 0 Å². The maximum atomic E-state index is 12.3. The number of ether oxygens (including phenoxy) is 1. The third-order valence-corrected chi connectivity index (χ3v) is 4.26. The zero-order chi connectivity index (χ0) is 19.5. The lowest BCUT2D eigenvalue weighted by atomic mass is 10.1. The fourth-order valence-corrected chi connectivity index (χ4v) is 2.53. The zero-order valence-corrected chi connectivity index (χ0v) is 16.8. The maximum absolute atomic E-state index is 12.3. The molecule has 0 spiro atoms. The highest BCUT2D eigenvalue weighted by molar-refractivity contribution is 7.98. The predicted octanol–water partition coefficient (Wildman–Crippen LogP) is 2.51. The van der Waals surface area contributed by atoms with Crippen molar-refractivity contribution in [2.24, 2.45) is 5.92 Å². The van der Waals surface area contributed by atoms with Gasteiger partial charge in [0.1, 0.15) is 6.04 Å². The van der Waals surface area contributed by atoms with E-state index < -0.39 is 17.9 Å². The number of rotatable bonds is 10. The van der Waals surface area contributed by atoms with Crippen molar-refractivity contribution in [3.63, 3.8) is 0 Å². The average Bonchev–Trinajstić information content (AvgIpc) is 2.61. The summed E-state index contributed by atoms with van der Waals surface area (Å²) in [7, 11) is 0. The van der Waals surface area contributed by atoms with Crippen molar-refractivity contribution in [2.45, 2.75) is 26.3 Å². The summed E-state index contributed by atoms with van der Waals surface area (Å²) in [6, 6.07) is 5.54. The van der Waals surface area contributed by atoms with Crippen molar-refractivity contribution < 1.29 is 19.1 Å². The largest absolute Gasteiger partial charge is 0.454 e. The van der Waals surface area contributed by atoms with Gasteiger partial charge in [0.05, 0.1) is 0 Å². The molecule has 0 radical (unpaired) electrons. The fraction of sp³-hybridized carbons (Fsp3) is 0.500. The third-order valence-electron chi connectivity index (χ3n) is 3.36. The Morgan fingerprint density at radius 3 is 2.42 bits per heavy atom. The minimum Gasteiger partial charge on any atom is -0.454 e. The van der Waals surface area contributed by atoms with Gasteiger partial charge in [0.25, 0.3) is 11.8 Å². The first-order chi connectivity index (χ1) is 12.3. The number of esters is 1. The molecule has 0 aliphatic rings. The van der Waals surface area contributed by atoms with Crippen molar-refractivity contribution in [1.82, 2.24) is 10.6 Å². The molecule has 1 aromatic rings. The fourth-order valence-electron chi connectivity index (χ4n) is 1.93. The van der Waals surface area contributed by atoms with Crippen LogP contribution in [0, 0.1) is 5.92 Å². The summed E-state index contributed by atoms with van der Waals surface area (Å²) >= 11 is 7.36. The summed E-state index contributed by atoms with van der Waals surface area (Å²) in [5.41, 5.74) is 0.394. The van der Waals surface area contributed by atoms with E-state index in [-0.39, 0.29) is 12.5 Å². The Kier molecular flexibility index (Phi) is 10.1. The molecule has 0 fully saturated rings. The number of benzene rings is 1. The van der Waals surface area contributed by atoms with E-state index in [9.17, 15) is 14.4 Å². The Labute approximate surface area is 163 Å². The van der Waals surface area contributed by atoms with Crippen LogP contribution in [0.1, 0.15) is 30.6 Å². The normalized spacial score (nSPS) is 11.7. The Balaban J connectivity index is 2.61. The molecule has 0 unspecified atom stereocenters. The van der Waals surface area contributed by atoms with Gasteiger partial charge in [-0.25, -0.2) is 4.79 Å². The monoisotopic (exact) mass is 400 g/mol. The van der Waals surface area contributed by atoms with Gasteiger partial charge in [-0.15, -0.1) is 0 Å². The maximum Gasteiger partial charge on any atom is 0.329 e. The summed E-state index contributed by atoms with van der Waals surface area (Å²) in [6.45, 7) is 4.09. The molecule has 0 aliphatic heterocycles. The van der Waals surface area contributed by atoms with Crippen LogP contribution < -0.4 is 10.6 Å². The Bertz CT molecular complexity index is 608. The Morgan fingerprint density at radius 1 is 1.19 bits per heavy atom. The molecule has 0 aromatic heterocycles. The SMILES string of the molecule is CSCC[C@@H](NC(=O)c1ccc(Cl)cc1)C(=O)OCC(=O)NCC(C)C. The van der Waals surface area contributed by atoms with E-state index in [4.69, 9.17) is 16.3 Å². The van der Waals surface area contributed by atoms with Crippen molar-refractivity contribution in [3.8, 4) is 0 Å². The molecule has 0 aliphatic carbocycles. The highest BCUT2D eigenvalue weighted by atomic mass is 35.5. The first-order valence-corrected chi connectivity index (χ1v) is 10.1. The van der Waals surface area contributed by atoms with Crippen LogP contribution in [0.25, 0.3) is 0 Å².